The molecule has 3 aromatic rings. The van der Waals surface area contributed by atoms with Gasteiger partial charge >= 0.3 is 5.69 Å². The van der Waals surface area contributed by atoms with Crippen molar-refractivity contribution < 1.29 is 9.59 Å². The average Bonchev–Trinajstić information content (AvgIpc) is 2.78. The van der Waals surface area contributed by atoms with Crippen LogP contribution in [-0.4, -0.2) is 32.4 Å². The molecule has 1 aliphatic rings. The number of nitrogens with zero attached hydrogens (tertiary/aromatic N) is 3. The van der Waals surface area contributed by atoms with E-state index in [2.05, 4.69) is 0 Å². The Kier molecular flexibility index (Phi) is 5.53. The van der Waals surface area contributed by atoms with Crippen LogP contribution in [0.2, 0.25) is 0 Å². The third-order valence-electron chi connectivity index (χ3n) is 5.50. The van der Waals surface area contributed by atoms with E-state index in [1.54, 1.807) is 12.1 Å². The van der Waals surface area contributed by atoms with Crippen LogP contribution >= 0.6 is 0 Å². The molecule has 2 aromatic carbocycles. The summed E-state index contributed by atoms with van der Waals surface area (Å²) in [4.78, 5) is 51.9. The van der Waals surface area contributed by atoms with E-state index >= 15 is 0 Å². The van der Waals surface area contributed by atoms with E-state index in [9.17, 15) is 19.2 Å². The fourth-order valence-electron chi connectivity index (χ4n) is 3.97. The van der Waals surface area contributed by atoms with Crippen molar-refractivity contribution in [3.8, 4) is 0 Å². The SMILES string of the molecule is NC(=O)C1c2ccccc2CCN1C(=O)Cn1c(=O)ccn(Cc2ccccc2)c1=O. The fourth-order valence-corrected chi connectivity index (χ4v) is 3.97. The molecule has 1 aliphatic heterocycles. The summed E-state index contributed by atoms with van der Waals surface area (Å²) in [6.07, 6.45) is 1.98. The Morgan fingerprint density at radius 3 is 2.42 bits per heavy atom. The molecule has 158 valence electrons. The minimum absolute atomic E-state index is 0.273. The van der Waals surface area contributed by atoms with Gasteiger partial charge in [0, 0.05) is 18.8 Å². The second kappa shape index (κ2) is 8.43. The highest BCUT2D eigenvalue weighted by molar-refractivity contribution is 5.88. The van der Waals surface area contributed by atoms with E-state index in [0.717, 1.165) is 15.7 Å². The van der Waals surface area contributed by atoms with Gasteiger partial charge in [-0.3, -0.25) is 23.5 Å². The number of fused-ring (bicyclic) bond motifs is 1. The van der Waals surface area contributed by atoms with Crippen molar-refractivity contribution >= 4 is 11.8 Å². The molecule has 2 amide bonds. The van der Waals surface area contributed by atoms with Crippen molar-refractivity contribution in [3.05, 3.63) is 104 Å². The maximum absolute atomic E-state index is 13.1. The first-order valence-electron chi connectivity index (χ1n) is 9.96. The summed E-state index contributed by atoms with van der Waals surface area (Å²) in [6, 6.07) is 17.0. The molecule has 0 saturated carbocycles. The van der Waals surface area contributed by atoms with Gasteiger partial charge < -0.3 is 10.6 Å². The predicted octanol–water partition coefficient (Wildman–Crippen LogP) is 0.670. The van der Waals surface area contributed by atoms with Gasteiger partial charge in [-0.05, 0) is 23.1 Å². The van der Waals surface area contributed by atoms with Crippen LogP contribution in [0, 0.1) is 0 Å². The van der Waals surface area contributed by atoms with Gasteiger partial charge in [0.15, 0.2) is 0 Å². The molecule has 8 heteroatoms. The highest BCUT2D eigenvalue weighted by atomic mass is 16.2. The number of aromatic nitrogens is 2. The Bertz CT molecular complexity index is 1250. The third kappa shape index (κ3) is 4.05. The lowest BCUT2D eigenvalue weighted by molar-refractivity contribution is -0.140. The molecule has 4 rings (SSSR count). The summed E-state index contributed by atoms with van der Waals surface area (Å²) >= 11 is 0. The fraction of sp³-hybridized carbons (Fsp3) is 0.217. The van der Waals surface area contributed by atoms with Gasteiger partial charge in [-0.25, -0.2) is 4.79 Å². The molecule has 1 unspecified atom stereocenters. The lowest BCUT2D eigenvalue weighted by atomic mass is 9.92. The lowest BCUT2D eigenvalue weighted by Crippen LogP contribution is -2.49. The second-order valence-corrected chi connectivity index (χ2v) is 7.48. The lowest BCUT2D eigenvalue weighted by Gasteiger charge is -2.35. The summed E-state index contributed by atoms with van der Waals surface area (Å²) in [5.41, 5.74) is 6.97. The quantitative estimate of drug-likeness (QED) is 0.657. The molecule has 0 aliphatic carbocycles. The van der Waals surface area contributed by atoms with Crippen molar-refractivity contribution in [2.24, 2.45) is 5.73 Å². The number of hydrogen-bond donors (Lipinski definition) is 1. The highest BCUT2D eigenvalue weighted by Gasteiger charge is 2.34. The van der Waals surface area contributed by atoms with E-state index in [4.69, 9.17) is 5.73 Å². The Labute approximate surface area is 178 Å². The average molecular weight is 418 g/mol. The summed E-state index contributed by atoms with van der Waals surface area (Å²) in [5, 5.41) is 0. The van der Waals surface area contributed by atoms with Crippen LogP contribution in [-0.2, 0) is 29.1 Å². The summed E-state index contributed by atoms with van der Waals surface area (Å²) in [5.74, 6) is -1.16. The number of carbonyl (C=O) groups excluding carboxylic acids is 2. The molecule has 1 atom stereocenters. The van der Waals surface area contributed by atoms with Crippen molar-refractivity contribution in [3.63, 3.8) is 0 Å². The predicted molar refractivity (Wildman–Crippen MR) is 114 cm³/mol. The standard InChI is InChI=1S/C23H22N4O4/c24-22(30)21-18-9-5-4-8-17(18)10-13-26(21)20(29)15-27-19(28)11-12-25(23(27)31)14-16-6-2-1-3-7-16/h1-9,11-12,21H,10,13-15H2,(H2,24,30). The molecule has 2 N–H and O–H groups in total. The van der Waals surface area contributed by atoms with Crippen LogP contribution in [0.5, 0.6) is 0 Å². The zero-order valence-corrected chi connectivity index (χ0v) is 16.8. The molecule has 0 saturated heterocycles. The number of hydrogen-bond acceptors (Lipinski definition) is 4. The number of benzene rings is 2. The molecular weight excluding hydrogens is 396 g/mol. The minimum atomic E-state index is -0.927. The Morgan fingerprint density at radius 2 is 1.68 bits per heavy atom. The highest BCUT2D eigenvalue weighted by Crippen LogP contribution is 2.29. The van der Waals surface area contributed by atoms with E-state index in [1.165, 1.54) is 21.7 Å². The minimum Gasteiger partial charge on any atom is -0.368 e. The largest absolute Gasteiger partial charge is 0.368 e. The van der Waals surface area contributed by atoms with E-state index in [-0.39, 0.29) is 13.1 Å². The van der Waals surface area contributed by atoms with Crippen molar-refractivity contribution in [1.29, 1.82) is 0 Å². The Morgan fingerprint density at radius 1 is 0.968 bits per heavy atom. The van der Waals surface area contributed by atoms with Gasteiger partial charge in [0.05, 0.1) is 6.54 Å². The van der Waals surface area contributed by atoms with Crippen LogP contribution in [0.15, 0.2) is 76.4 Å². The van der Waals surface area contributed by atoms with Gasteiger partial charge in [0.2, 0.25) is 11.8 Å². The third-order valence-corrected chi connectivity index (χ3v) is 5.50. The molecule has 2 heterocycles. The first kappa shape index (κ1) is 20.3. The molecule has 31 heavy (non-hydrogen) atoms. The number of amides is 2. The number of nitrogens with two attached hydrogens (primary N) is 1. The van der Waals surface area contributed by atoms with Gasteiger partial charge in [0.25, 0.3) is 5.56 Å². The Balaban J connectivity index is 1.63. The molecule has 0 fully saturated rings. The Hall–Kier alpha value is -3.94. The van der Waals surface area contributed by atoms with Gasteiger partial charge in [-0.15, -0.1) is 0 Å². The molecule has 0 radical (unpaired) electrons. The molecule has 0 bridgehead atoms. The summed E-state index contributed by atoms with van der Waals surface area (Å²) in [7, 11) is 0. The molecule has 0 spiro atoms. The monoisotopic (exact) mass is 418 g/mol. The summed E-state index contributed by atoms with van der Waals surface area (Å²) < 4.78 is 2.27. The molecule has 8 nitrogen and oxygen atoms in total. The topological polar surface area (TPSA) is 107 Å². The van der Waals surface area contributed by atoms with Crippen LogP contribution in [0.4, 0.5) is 0 Å². The number of carbonyl (C=O) groups is 2. The second-order valence-electron chi connectivity index (χ2n) is 7.48. The molecule has 1 aromatic heterocycles. The zero-order chi connectivity index (χ0) is 22.0. The zero-order valence-electron chi connectivity index (χ0n) is 16.8. The summed E-state index contributed by atoms with van der Waals surface area (Å²) in [6.45, 7) is 0.0949. The van der Waals surface area contributed by atoms with E-state index in [0.29, 0.717) is 12.0 Å². The first-order valence-corrected chi connectivity index (χ1v) is 9.96. The molecular formula is C23H22N4O4. The van der Waals surface area contributed by atoms with Crippen molar-refractivity contribution in [1.82, 2.24) is 14.0 Å². The smallest absolute Gasteiger partial charge is 0.331 e. The first-order chi connectivity index (χ1) is 15.0. The number of rotatable bonds is 5. The maximum atomic E-state index is 13.1. The number of primary amides is 1. The maximum Gasteiger partial charge on any atom is 0.331 e. The van der Waals surface area contributed by atoms with Crippen LogP contribution in [0.1, 0.15) is 22.7 Å². The normalized spacial score (nSPS) is 15.4. The van der Waals surface area contributed by atoms with Crippen LogP contribution in [0.3, 0.4) is 0 Å². The van der Waals surface area contributed by atoms with Crippen LogP contribution in [0.25, 0.3) is 0 Å². The van der Waals surface area contributed by atoms with Gasteiger partial charge in [0.1, 0.15) is 12.6 Å². The van der Waals surface area contributed by atoms with E-state index in [1.807, 2.05) is 42.5 Å². The van der Waals surface area contributed by atoms with Crippen molar-refractivity contribution in [2.45, 2.75) is 25.6 Å². The van der Waals surface area contributed by atoms with Crippen molar-refractivity contribution in [2.75, 3.05) is 6.54 Å². The van der Waals surface area contributed by atoms with E-state index < -0.39 is 35.6 Å². The van der Waals surface area contributed by atoms with Gasteiger partial charge in [-0.2, -0.15) is 0 Å². The van der Waals surface area contributed by atoms with Gasteiger partial charge in [-0.1, -0.05) is 54.6 Å². The van der Waals surface area contributed by atoms with Crippen LogP contribution < -0.4 is 17.0 Å².